The van der Waals surface area contributed by atoms with Crippen LogP contribution in [0.4, 0.5) is 13.2 Å². The molecule has 0 saturated heterocycles. The van der Waals surface area contributed by atoms with Gasteiger partial charge in [0.15, 0.2) is 0 Å². The lowest BCUT2D eigenvalue weighted by Gasteiger charge is -2.14. The molecule has 1 aromatic carbocycles. The number of fused-ring (bicyclic) bond motifs is 1. The molecule has 29 heavy (non-hydrogen) atoms. The molecular weight excluding hydrogens is 385 g/mol. The molecule has 8 heteroatoms. The molecule has 0 fully saturated rings. The fraction of sp³-hybridized carbons (Fsp3) is 0.238. The fourth-order valence-electron chi connectivity index (χ4n) is 3.20. The Kier molecular flexibility index (Phi) is 5.10. The van der Waals surface area contributed by atoms with Crippen LogP contribution in [0.2, 0.25) is 0 Å². The van der Waals surface area contributed by atoms with Crippen molar-refractivity contribution in [1.29, 1.82) is 0 Å². The highest BCUT2D eigenvalue weighted by molar-refractivity contribution is 5.30. The summed E-state index contributed by atoms with van der Waals surface area (Å²) in [6.07, 6.45) is -2.19. The molecule has 5 nitrogen and oxygen atoms in total. The first kappa shape index (κ1) is 19.2. The zero-order chi connectivity index (χ0) is 20.4. The summed E-state index contributed by atoms with van der Waals surface area (Å²) in [4.78, 5) is 17.8. The van der Waals surface area contributed by atoms with E-state index in [1.54, 1.807) is 0 Å². The van der Waals surface area contributed by atoms with Gasteiger partial charge in [0.05, 0.1) is 6.54 Å². The third kappa shape index (κ3) is 4.48. The Morgan fingerprint density at radius 1 is 1.10 bits per heavy atom. The first-order valence-corrected chi connectivity index (χ1v) is 8.94. The van der Waals surface area contributed by atoms with E-state index in [1.807, 2.05) is 12.1 Å². The van der Waals surface area contributed by atoms with E-state index in [0.29, 0.717) is 17.9 Å². The van der Waals surface area contributed by atoms with E-state index in [2.05, 4.69) is 22.0 Å². The van der Waals surface area contributed by atoms with Crippen LogP contribution < -0.4 is 10.2 Å². The predicted molar refractivity (Wildman–Crippen MR) is 97.9 cm³/mol. The van der Waals surface area contributed by atoms with E-state index in [1.165, 1.54) is 29.5 Å². The summed E-state index contributed by atoms with van der Waals surface area (Å²) in [7, 11) is 0. The second kappa shape index (κ2) is 7.71. The van der Waals surface area contributed by atoms with Gasteiger partial charge in [-0.1, -0.05) is 30.3 Å². The predicted octanol–water partition coefficient (Wildman–Crippen LogP) is 4.15. The highest BCUT2D eigenvalue weighted by atomic mass is 19.4. The van der Waals surface area contributed by atoms with Gasteiger partial charge in [0.25, 0.3) is 0 Å². The van der Waals surface area contributed by atoms with E-state index in [9.17, 15) is 18.0 Å². The van der Waals surface area contributed by atoms with Crippen LogP contribution >= 0.6 is 0 Å². The molecule has 0 bridgehead atoms. The molecule has 2 aromatic heterocycles. The fourth-order valence-corrected chi connectivity index (χ4v) is 3.20. The summed E-state index contributed by atoms with van der Waals surface area (Å²) in [6.45, 7) is 1.99. The highest BCUT2D eigenvalue weighted by Gasteiger charge is 2.32. The molecule has 0 unspecified atom stereocenters. The van der Waals surface area contributed by atoms with E-state index >= 15 is 0 Å². The Hall–Kier alpha value is -3.13. The number of benzene rings is 1. The Labute approximate surface area is 164 Å². The topological polar surface area (TPSA) is 55.6 Å². The second-order valence-corrected chi connectivity index (χ2v) is 6.83. The van der Waals surface area contributed by atoms with Crippen molar-refractivity contribution in [2.24, 2.45) is 0 Å². The summed E-state index contributed by atoms with van der Waals surface area (Å²) < 4.78 is 48.5. The zero-order valence-electron chi connectivity index (χ0n) is 15.3. The van der Waals surface area contributed by atoms with Gasteiger partial charge in [-0.05, 0) is 17.2 Å². The van der Waals surface area contributed by atoms with Crippen LogP contribution in [-0.2, 0) is 32.4 Å². The van der Waals surface area contributed by atoms with Crippen LogP contribution in [-0.4, -0.2) is 9.88 Å². The van der Waals surface area contributed by atoms with Crippen LogP contribution in [0.1, 0.15) is 28.1 Å². The van der Waals surface area contributed by atoms with Gasteiger partial charge in [0.1, 0.15) is 24.3 Å². The van der Waals surface area contributed by atoms with Crippen LogP contribution in [0, 0.1) is 0 Å². The molecule has 150 valence electrons. The Bertz CT molecular complexity index is 1040. The van der Waals surface area contributed by atoms with Gasteiger partial charge in [-0.15, -0.1) is 0 Å². The Morgan fingerprint density at radius 3 is 2.41 bits per heavy atom. The minimum atomic E-state index is -4.49. The van der Waals surface area contributed by atoms with Gasteiger partial charge < -0.3 is 9.15 Å². The molecule has 0 atom stereocenters. The third-order valence-electron chi connectivity index (χ3n) is 4.65. The lowest BCUT2D eigenvalue weighted by molar-refractivity contribution is -0.141. The van der Waals surface area contributed by atoms with Crippen LogP contribution in [0.25, 0.3) is 0 Å². The normalized spacial score (nSPS) is 14.0. The number of hydrogen-bond donors (Lipinski definition) is 0. The van der Waals surface area contributed by atoms with Crippen molar-refractivity contribution in [3.63, 3.8) is 0 Å². The van der Waals surface area contributed by atoms with Crippen molar-refractivity contribution in [3.05, 3.63) is 93.3 Å². The lowest BCUT2D eigenvalue weighted by Crippen LogP contribution is -2.17. The number of aromatic nitrogens is 1. The standard InChI is InChI=1S/C21H17F3N2O3/c22-21(23,24)20-6-5-14(8-25-20)12-29-19-13-28-17(7-18(19)27)11-26-9-15-3-1-2-4-16(15)10-26/h1-8,13H,9-12H2. The number of hydrogen-bond acceptors (Lipinski definition) is 5. The summed E-state index contributed by atoms with van der Waals surface area (Å²) >= 11 is 0. The first-order chi connectivity index (χ1) is 13.9. The molecule has 0 spiro atoms. The molecule has 1 aliphatic heterocycles. The third-order valence-corrected chi connectivity index (χ3v) is 4.65. The molecular formula is C21H17F3N2O3. The SMILES string of the molecule is O=c1cc(CN2Cc3ccccc3C2)occ1OCc1ccc(C(F)(F)F)nc1. The van der Waals surface area contributed by atoms with Gasteiger partial charge in [-0.25, -0.2) is 0 Å². The summed E-state index contributed by atoms with van der Waals surface area (Å²) in [5.41, 5.74) is 1.62. The first-order valence-electron chi connectivity index (χ1n) is 8.94. The number of rotatable bonds is 5. The van der Waals surface area contributed by atoms with E-state index in [-0.39, 0.29) is 17.8 Å². The van der Waals surface area contributed by atoms with E-state index < -0.39 is 11.9 Å². The van der Waals surface area contributed by atoms with Crippen molar-refractivity contribution in [3.8, 4) is 5.75 Å². The van der Waals surface area contributed by atoms with Gasteiger partial charge in [0, 0.05) is 30.9 Å². The highest BCUT2D eigenvalue weighted by Crippen LogP contribution is 2.27. The minimum absolute atomic E-state index is 0.00152. The average Bonchev–Trinajstić information content (AvgIpc) is 3.09. The number of nitrogens with zero attached hydrogens (tertiary/aromatic N) is 2. The number of ether oxygens (including phenoxy) is 1. The maximum atomic E-state index is 12.5. The van der Waals surface area contributed by atoms with Gasteiger partial charge in [-0.2, -0.15) is 13.2 Å². The molecule has 3 aromatic rings. The molecule has 0 radical (unpaired) electrons. The molecule has 3 heterocycles. The maximum Gasteiger partial charge on any atom is 0.433 e. The molecule has 0 amide bonds. The number of pyridine rings is 1. The van der Waals surface area contributed by atoms with Gasteiger partial charge >= 0.3 is 6.18 Å². The van der Waals surface area contributed by atoms with Gasteiger partial charge in [-0.3, -0.25) is 14.7 Å². The molecule has 1 aliphatic rings. The summed E-state index contributed by atoms with van der Waals surface area (Å²) in [6, 6.07) is 11.7. The summed E-state index contributed by atoms with van der Waals surface area (Å²) in [5, 5.41) is 0. The van der Waals surface area contributed by atoms with Crippen molar-refractivity contribution in [1.82, 2.24) is 9.88 Å². The zero-order valence-corrected chi connectivity index (χ0v) is 15.3. The Morgan fingerprint density at radius 2 is 1.83 bits per heavy atom. The largest absolute Gasteiger partial charge is 0.482 e. The molecule has 4 rings (SSSR count). The van der Waals surface area contributed by atoms with E-state index in [0.717, 1.165) is 25.4 Å². The van der Waals surface area contributed by atoms with Crippen molar-refractivity contribution in [2.45, 2.75) is 32.4 Å². The monoisotopic (exact) mass is 402 g/mol. The molecule has 0 N–H and O–H groups in total. The van der Waals surface area contributed by atoms with Crippen LogP contribution in [0.3, 0.4) is 0 Å². The number of halogens is 3. The molecule has 0 aliphatic carbocycles. The maximum absolute atomic E-state index is 12.5. The quantitative estimate of drug-likeness (QED) is 0.642. The van der Waals surface area contributed by atoms with Crippen LogP contribution in [0.15, 0.2) is 64.1 Å². The number of alkyl halides is 3. The van der Waals surface area contributed by atoms with Crippen LogP contribution in [0.5, 0.6) is 5.75 Å². The van der Waals surface area contributed by atoms with Crippen molar-refractivity contribution < 1.29 is 22.3 Å². The molecule has 0 saturated carbocycles. The van der Waals surface area contributed by atoms with Crippen molar-refractivity contribution in [2.75, 3.05) is 0 Å². The lowest BCUT2D eigenvalue weighted by atomic mass is 10.1. The second-order valence-electron chi connectivity index (χ2n) is 6.83. The minimum Gasteiger partial charge on any atom is -0.482 e. The smallest absolute Gasteiger partial charge is 0.433 e. The van der Waals surface area contributed by atoms with Crippen molar-refractivity contribution >= 4 is 0 Å². The Balaban J connectivity index is 1.36. The summed E-state index contributed by atoms with van der Waals surface area (Å²) in [5.74, 6) is 0.518. The van der Waals surface area contributed by atoms with E-state index in [4.69, 9.17) is 9.15 Å². The van der Waals surface area contributed by atoms with Gasteiger partial charge in [0.2, 0.25) is 11.2 Å². The average molecular weight is 402 g/mol.